The molecule has 0 saturated heterocycles. The number of aromatic nitrogens is 2. The van der Waals surface area contributed by atoms with Gasteiger partial charge in [0.2, 0.25) is 0 Å². The predicted molar refractivity (Wildman–Crippen MR) is 69.7 cm³/mol. The maximum absolute atomic E-state index is 11.8. The Hall–Kier alpha value is -2.05. The Morgan fingerprint density at radius 1 is 1.47 bits per heavy atom. The zero-order chi connectivity index (χ0) is 14.3. The van der Waals surface area contributed by atoms with Crippen LogP contribution in [0, 0.1) is 0 Å². The fourth-order valence-corrected chi connectivity index (χ4v) is 1.61. The summed E-state index contributed by atoms with van der Waals surface area (Å²) in [6.45, 7) is 4.55. The number of urea groups is 1. The van der Waals surface area contributed by atoms with Gasteiger partial charge in [-0.15, -0.1) is 0 Å². The SMILES string of the molecule is CC(C)N(CC(=O)O)C(=O)NCCCn1ccnc1. The monoisotopic (exact) mass is 268 g/mol. The smallest absolute Gasteiger partial charge is 0.323 e. The van der Waals surface area contributed by atoms with Crippen molar-refractivity contribution in [3.8, 4) is 0 Å². The van der Waals surface area contributed by atoms with Gasteiger partial charge in [0.25, 0.3) is 0 Å². The molecule has 1 heterocycles. The van der Waals surface area contributed by atoms with Crippen molar-refractivity contribution >= 4 is 12.0 Å². The number of aryl methyl sites for hydroxylation is 1. The number of nitrogens with zero attached hydrogens (tertiary/aromatic N) is 3. The molecule has 0 spiro atoms. The van der Waals surface area contributed by atoms with E-state index in [0.717, 1.165) is 13.0 Å². The highest BCUT2D eigenvalue weighted by molar-refractivity contribution is 5.80. The minimum atomic E-state index is -1.01. The van der Waals surface area contributed by atoms with Gasteiger partial charge in [0.05, 0.1) is 6.33 Å². The summed E-state index contributed by atoms with van der Waals surface area (Å²) in [5.41, 5.74) is 0. The van der Waals surface area contributed by atoms with Crippen LogP contribution in [0.15, 0.2) is 18.7 Å². The van der Waals surface area contributed by atoms with Gasteiger partial charge >= 0.3 is 12.0 Å². The largest absolute Gasteiger partial charge is 0.480 e. The average Bonchev–Trinajstić information content (AvgIpc) is 2.83. The lowest BCUT2D eigenvalue weighted by Gasteiger charge is -2.25. The zero-order valence-electron chi connectivity index (χ0n) is 11.2. The number of carbonyl (C=O) groups is 2. The number of carboxylic acid groups (broad SMARTS) is 1. The van der Waals surface area contributed by atoms with E-state index < -0.39 is 5.97 Å². The topological polar surface area (TPSA) is 87.5 Å². The van der Waals surface area contributed by atoms with Crippen LogP contribution in [0.1, 0.15) is 20.3 Å². The number of carbonyl (C=O) groups excluding carboxylic acids is 1. The number of hydrogen-bond acceptors (Lipinski definition) is 3. The second-order valence-corrected chi connectivity index (χ2v) is 4.50. The van der Waals surface area contributed by atoms with Crippen molar-refractivity contribution in [2.24, 2.45) is 0 Å². The van der Waals surface area contributed by atoms with Gasteiger partial charge in [-0.05, 0) is 20.3 Å². The summed E-state index contributed by atoms with van der Waals surface area (Å²) in [5.74, 6) is -1.01. The molecule has 0 unspecified atom stereocenters. The lowest BCUT2D eigenvalue weighted by molar-refractivity contribution is -0.138. The molecule has 0 saturated carbocycles. The third-order valence-corrected chi connectivity index (χ3v) is 2.62. The molecule has 0 atom stereocenters. The van der Waals surface area contributed by atoms with Crippen molar-refractivity contribution in [2.45, 2.75) is 32.9 Å². The third-order valence-electron chi connectivity index (χ3n) is 2.62. The first-order valence-corrected chi connectivity index (χ1v) is 6.22. The van der Waals surface area contributed by atoms with Crippen molar-refractivity contribution in [3.63, 3.8) is 0 Å². The number of rotatable bonds is 7. The van der Waals surface area contributed by atoms with Crippen LogP contribution in [0.3, 0.4) is 0 Å². The van der Waals surface area contributed by atoms with Crippen molar-refractivity contribution < 1.29 is 14.7 Å². The van der Waals surface area contributed by atoms with Gasteiger partial charge < -0.3 is 19.9 Å². The minimum absolute atomic E-state index is 0.148. The minimum Gasteiger partial charge on any atom is -0.480 e. The molecule has 0 aromatic carbocycles. The molecule has 0 fully saturated rings. The van der Waals surface area contributed by atoms with Crippen LogP contribution in [0.25, 0.3) is 0 Å². The van der Waals surface area contributed by atoms with E-state index in [1.807, 2.05) is 10.8 Å². The van der Waals surface area contributed by atoms with Gasteiger partial charge in [-0.3, -0.25) is 4.79 Å². The summed E-state index contributed by atoms with van der Waals surface area (Å²) in [5, 5.41) is 11.5. The van der Waals surface area contributed by atoms with E-state index >= 15 is 0 Å². The highest BCUT2D eigenvalue weighted by Crippen LogP contribution is 1.99. The Balaban J connectivity index is 2.29. The first-order valence-electron chi connectivity index (χ1n) is 6.22. The summed E-state index contributed by atoms with van der Waals surface area (Å²) in [6.07, 6.45) is 6.03. The molecular weight excluding hydrogens is 248 g/mol. The van der Waals surface area contributed by atoms with Crippen LogP contribution in [0.5, 0.6) is 0 Å². The van der Waals surface area contributed by atoms with Gasteiger partial charge in [0.15, 0.2) is 0 Å². The fraction of sp³-hybridized carbons (Fsp3) is 0.583. The van der Waals surface area contributed by atoms with E-state index in [4.69, 9.17) is 5.11 Å². The Morgan fingerprint density at radius 3 is 2.74 bits per heavy atom. The second-order valence-electron chi connectivity index (χ2n) is 4.50. The molecule has 1 aromatic rings. The molecule has 1 rings (SSSR count). The first-order chi connectivity index (χ1) is 9.00. The predicted octanol–water partition coefficient (Wildman–Crippen LogP) is 0.778. The molecule has 2 N–H and O–H groups in total. The van der Waals surface area contributed by atoms with E-state index in [1.165, 1.54) is 4.90 Å². The van der Waals surface area contributed by atoms with Gasteiger partial charge in [0, 0.05) is 31.5 Å². The summed E-state index contributed by atoms with van der Waals surface area (Å²) >= 11 is 0. The maximum atomic E-state index is 11.8. The zero-order valence-corrected chi connectivity index (χ0v) is 11.2. The number of nitrogens with one attached hydrogen (secondary N) is 1. The quantitative estimate of drug-likeness (QED) is 0.715. The van der Waals surface area contributed by atoms with Crippen LogP contribution in [-0.2, 0) is 11.3 Å². The van der Waals surface area contributed by atoms with Gasteiger partial charge in [-0.25, -0.2) is 9.78 Å². The van der Waals surface area contributed by atoms with Crippen LogP contribution in [-0.4, -0.2) is 50.7 Å². The lowest BCUT2D eigenvalue weighted by Crippen LogP contribution is -2.46. The van der Waals surface area contributed by atoms with Crippen LogP contribution in [0.4, 0.5) is 4.79 Å². The summed E-state index contributed by atoms with van der Waals surface area (Å²) in [6, 6.07) is -0.493. The third kappa shape index (κ3) is 5.41. The van der Waals surface area contributed by atoms with Crippen molar-refractivity contribution in [3.05, 3.63) is 18.7 Å². The van der Waals surface area contributed by atoms with Gasteiger partial charge in [0.1, 0.15) is 6.54 Å². The standard InChI is InChI=1S/C12H20N4O3/c1-10(2)16(8-11(17)18)12(19)14-4-3-6-15-7-5-13-9-15/h5,7,9-10H,3-4,6,8H2,1-2H3,(H,14,19)(H,17,18). The first kappa shape index (κ1) is 15.0. The van der Waals surface area contributed by atoms with Crippen molar-refractivity contribution in [1.82, 2.24) is 19.8 Å². The normalized spacial score (nSPS) is 10.5. The van der Waals surface area contributed by atoms with E-state index in [0.29, 0.717) is 6.54 Å². The molecule has 19 heavy (non-hydrogen) atoms. The molecule has 106 valence electrons. The Bertz CT molecular complexity index is 403. The van der Waals surface area contributed by atoms with E-state index in [2.05, 4.69) is 10.3 Å². The number of imidazole rings is 1. The van der Waals surface area contributed by atoms with Crippen LogP contribution in [0.2, 0.25) is 0 Å². The molecule has 2 amide bonds. The molecule has 0 aliphatic heterocycles. The van der Waals surface area contributed by atoms with E-state index in [1.54, 1.807) is 26.4 Å². The van der Waals surface area contributed by atoms with Crippen molar-refractivity contribution in [1.29, 1.82) is 0 Å². The Morgan fingerprint density at radius 2 is 2.21 bits per heavy atom. The number of hydrogen-bond donors (Lipinski definition) is 2. The molecule has 0 radical (unpaired) electrons. The molecule has 7 heteroatoms. The lowest BCUT2D eigenvalue weighted by atomic mass is 10.3. The van der Waals surface area contributed by atoms with Gasteiger partial charge in [-0.1, -0.05) is 0 Å². The van der Waals surface area contributed by atoms with Crippen LogP contribution < -0.4 is 5.32 Å². The summed E-state index contributed by atoms with van der Waals surface area (Å²) in [7, 11) is 0. The maximum Gasteiger partial charge on any atom is 0.323 e. The molecule has 0 aliphatic rings. The molecule has 7 nitrogen and oxygen atoms in total. The summed E-state index contributed by atoms with van der Waals surface area (Å²) < 4.78 is 1.92. The van der Waals surface area contributed by atoms with Crippen LogP contribution >= 0.6 is 0 Å². The fourth-order valence-electron chi connectivity index (χ4n) is 1.61. The molecule has 1 aromatic heterocycles. The highest BCUT2D eigenvalue weighted by atomic mass is 16.4. The Kier molecular flexibility index (Phi) is 5.84. The average molecular weight is 268 g/mol. The van der Waals surface area contributed by atoms with Gasteiger partial charge in [-0.2, -0.15) is 0 Å². The molecular formula is C12H20N4O3. The summed E-state index contributed by atoms with van der Waals surface area (Å²) in [4.78, 5) is 27.7. The number of amides is 2. The Labute approximate surface area is 112 Å². The molecule has 0 aliphatic carbocycles. The van der Waals surface area contributed by atoms with E-state index in [-0.39, 0.29) is 18.6 Å². The number of carboxylic acids is 1. The highest BCUT2D eigenvalue weighted by Gasteiger charge is 2.18. The second kappa shape index (κ2) is 7.40. The van der Waals surface area contributed by atoms with E-state index in [9.17, 15) is 9.59 Å². The number of aliphatic carboxylic acids is 1. The molecule has 0 bridgehead atoms. The van der Waals surface area contributed by atoms with Crippen molar-refractivity contribution in [2.75, 3.05) is 13.1 Å².